The predicted octanol–water partition coefficient (Wildman–Crippen LogP) is 2.98. The SMILES string of the molecule is Cc1cc(C)n(-c2cc(NCCNC(=O)c3nccc4ccccc34)nc(C)n2)n1. The van der Waals surface area contributed by atoms with Crippen LogP contribution in [0.15, 0.2) is 48.7 Å². The number of hydrogen-bond donors (Lipinski definition) is 2. The van der Waals surface area contributed by atoms with E-state index in [4.69, 9.17) is 0 Å². The van der Waals surface area contributed by atoms with E-state index >= 15 is 0 Å². The number of aryl methyl sites for hydroxylation is 3. The molecule has 8 nitrogen and oxygen atoms in total. The minimum Gasteiger partial charge on any atom is -0.368 e. The molecule has 1 aromatic carbocycles. The van der Waals surface area contributed by atoms with Crippen LogP contribution in [0, 0.1) is 20.8 Å². The quantitative estimate of drug-likeness (QED) is 0.482. The minimum atomic E-state index is -0.198. The minimum absolute atomic E-state index is 0.198. The Kier molecular flexibility index (Phi) is 5.38. The molecule has 0 atom stereocenters. The van der Waals surface area contributed by atoms with Gasteiger partial charge in [-0.3, -0.25) is 9.78 Å². The highest BCUT2D eigenvalue weighted by atomic mass is 16.1. The number of carbonyl (C=O) groups excluding carboxylic acids is 1. The molecule has 1 amide bonds. The summed E-state index contributed by atoms with van der Waals surface area (Å²) < 4.78 is 1.79. The van der Waals surface area contributed by atoms with Crippen molar-refractivity contribution in [1.82, 2.24) is 30.0 Å². The summed E-state index contributed by atoms with van der Waals surface area (Å²) in [5, 5.41) is 12.5. The van der Waals surface area contributed by atoms with Gasteiger partial charge in [-0.15, -0.1) is 0 Å². The van der Waals surface area contributed by atoms with Gasteiger partial charge in [-0.1, -0.05) is 24.3 Å². The van der Waals surface area contributed by atoms with E-state index in [9.17, 15) is 4.79 Å². The molecule has 0 spiro atoms. The first kappa shape index (κ1) is 19.5. The predicted molar refractivity (Wildman–Crippen MR) is 116 cm³/mol. The second kappa shape index (κ2) is 8.28. The third kappa shape index (κ3) is 4.12. The smallest absolute Gasteiger partial charge is 0.270 e. The Morgan fingerprint density at radius 3 is 2.67 bits per heavy atom. The number of rotatable bonds is 6. The molecule has 0 saturated heterocycles. The second-order valence-electron chi connectivity index (χ2n) is 7.06. The molecule has 8 heteroatoms. The Morgan fingerprint density at radius 2 is 1.87 bits per heavy atom. The summed E-state index contributed by atoms with van der Waals surface area (Å²) in [4.78, 5) is 25.7. The molecule has 3 heterocycles. The van der Waals surface area contributed by atoms with Gasteiger partial charge in [0.2, 0.25) is 0 Å². The number of aromatic nitrogens is 5. The van der Waals surface area contributed by atoms with Crippen molar-refractivity contribution in [3.8, 4) is 5.82 Å². The van der Waals surface area contributed by atoms with Gasteiger partial charge in [0, 0.05) is 36.4 Å². The molecular formula is C22H23N7O. The number of fused-ring (bicyclic) bond motifs is 1. The first-order valence-corrected chi connectivity index (χ1v) is 9.76. The number of nitrogens with zero attached hydrogens (tertiary/aromatic N) is 5. The van der Waals surface area contributed by atoms with Crippen LogP contribution in [-0.4, -0.2) is 43.7 Å². The molecule has 0 radical (unpaired) electrons. The van der Waals surface area contributed by atoms with Gasteiger partial charge in [-0.25, -0.2) is 14.6 Å². The van der Waals surface area contributed by atoms with E-state index in [1.165, 1.54) is 0 Å². The fourth-order valence-electron chi connectivity index (χ4n) is 3.36. The molecule has 2 N–H and O–H groups in total. The first-order valence-electron chi connectivity index (χ1n) is 9.76. The molecule has 0 bridgehead atoms. The van der Waals surface area contributed by atoms with E-state index in [0.29, 0.717) is 36.2 Å². The monoisotopic (exact) mass is 401 g/mol. The molecule has 0 saturated carbocycles. The fraction of sp³-hybridized carbons (Fsp3) is 0.227. The lowest BCUT2D eigenvalue weighted by molar-refractivity contribution is 0.0952. The molecule has 0 aliphatic heterocycles. The average Bonchev–Trinajstić information content (AvgIpc) is 3.08. The summed E-state index contributed by atoms with van der Waals surface area (Å²) >= 11 is 0. The van der Waals surface area contributed by atoms with Gasteiger partial charge in [0.25, 0.3) is 5.91 Å². The van der Waals surface area contributed by atoms with Crippen molar-refractivity contribution >= 4 is 22.5 Å². The maximum absolute atomic E-state index is 12.6. The van der Waals surface area contributed by atoms with Crippen LogP contribution in [0.4, 0.5) is 5.82 Å². The van der Waals surface area contributed by atoms with Crippen LogP contribution in [0.3, 0.4) is 0 Å². The number of pyridine rings is 1. The number of carbonyl (C=O) groups is 1. The van der Waals surface area contributed by atoms with Crippen LogP contribution in [0.5, 0.6) is 0 Å². The molecule has 152 valence electrons. The third-order valence-corrected chi connectivity index (χ3v) is 4.66. The van der Waals surface area contributed by atoms with E-state index in [2.05, 4.69) is 30.7 Å². The Bertz CT molecular complexity index is 1210. The van der Waals surface area contributed by atoms with Crippen LogP contribution in [0.25, 0.3) is 16.6 Å². The standard InChI is InChI=1S/C22H23N7O/c1-14-12-15(2)29(28-14)20-13-19(26-16(3)27-20)23-10-11-25-22(30)21-18-7-5-4-6-17(18)8-9-24-21/h4-9,12-13H,10-11H2,1-3H3,(H,25,30)(H,23,26,27). The molecule has 0 fully saturated rings. The zero-order valence-electron chi connectivity index (χ0n) is 17.2. The molecule has 0 unspecified atom stereocenters. The zero-order valence-corrected chi connectivity index (χ0v) is 17.2. The van der Waals surface area contributed by atoms with E-state index in [-0.39, 0.29) is 5.91 Å². The van der Waals surface area contributed by atoms with Crippen molar-refractivity contribution in [2.24, 2.45) is 0 Å². The Balaban J connectivity index is 1.40. The lowest BCUT2D eigenvalue weighted by Crippen LogP contribution is -2.29. The largest absolute Gasteiger partial charge is 0.368 e. The molecule has 4 aromatic rings. The number of hydrogen-bond acceptors (Lipinski definition) is 6. The van der Waals surface area contributed by atoms with E-state index in [1.807, 2.05) is 63.2 Å². The fourth-order valence-corrected chi connectivity index (χ4v) is 3.36. The molecule has 3 aromatic heterocycles. The molecule has 0 aliphatic rings. The summed E-state index contributed by atoms with van der Waals surface area (Å²) in [5.41, 5.74) is 2.37. The Labute approximate surface area is 174 Å². The van der Waals surface area contributed by atoms with Crippen molar-refractivity contribution in [2.45, 2.75) is 20.8 Å². The Morgan fingerprint density at radius 1 is 1.03 bits per heavy atom. The number of benzene rings is 1. The van der Waals surface area contributed by atoms with Crippen LogP contribution in [-0.2, 0) is 0 Å². The summed E-state index contributed by atoms with van der Waals surface area (Å²) in [5.74, 6) is 1.84. The van der Waals surface area contributed by atoms with Gasteiger partial charge < -0.3 is 10.6 Å². The first-order chi connectivity index (χ1) is 14.5. The number of amides is 1. The van der Waals surface area contributed by atoms with Crippen LogP contribution >= 0.6 is 0 Å². The van der Waals surface area contributed by atoms with E-state index in [1.54, 1.807) is 10.9 Å². The maximum Gasteiger partial charge on any atom is 0.270 e. The van der Waals surface area contributed by atoms with Crippen molar-refractivity contribution in [3.05, 3.63) is 71.6 Å². The highest BCUT2D eigenvalue weighted by Gasteiger charge is 2.11. The number of anilines is 1. The zero-order chi connectivity index (χ0) is 21.1. The third-order valence-electron chi connectivity index (χ3n) is 4.66. The van der Waals surface area contributed by atoms with Gasteiger partial charge in [-0.2, -0.15) is 5.10 Å². The van der Waals surface area contributed by atoms with Crippen molar-refractivity contribution < 1.29 is 4.79 Å². The summed E-state index contributed by atoms with van der Waals surface area (Å²) in [6, 6.07) is 13.5. The average molecular weight is 401 g/mol. The lowest BCUT2D eigenvalue weighted by Gasteiger charge is -2.11. The summed E-state index contributed by atoms with van der Waals surface area (Å²) in [6.45, 7) is 6.73. The van der Waals surface area contributed by atoms with Gasteiger partial charge in [0.15, 0.2) is 5.82 Å². The molecule has 30 heavy (non-hydrogen) atoms. The second-order valence-corrected chi connectivity index (χ2v) is 7.06. The van der Waals surface area contributed by atoms with Gasteiger partial charge in [-0.05, 0) is 38.3 Å². The summed E-state index contributed by atoms with van der Waals surface area (Å²) in [7, 11) is 0. The van der Waals surface area contributed by atoms with Crippen molar-refractivity contribution in [1.29, 1.82) is 0 Å². The van der Waals surface area contributed by atoms with Crippen molar-refractivity contribution in [2.75, 3.05) is 18.4 Å². The van der Waals surface area contributed by atoms with Crippen LogP contribution in [0.1, 0.15) is 27.7 Å². The topological polar surface area (TPSA) is 97.6 Å². The summed E-state index contributed by atoms with van der Waals surface area (Å²) in [6.07, 6.45) is 1.65. The van der Waals surface area contributed by atoms with Gasteiger partial charge in [0.05, 0.1) is 5.69 Å². The highest BCUT2D eigenvalue weighted by Crippen LogP contribution is 2.16. The Hall–Kier alpha value is -3.81. The van der Waals surface area contributed by atoms with E-state index in [0.717, 1.165) is 22.2 Å². The van der Waals surface area contributed by atoms with Gasteiger partial charge >= 0.3 is 0 Å². The van der Waals surface area contributed by atoms with Crippen molar-refractivity contribution in [3.63, 3.8) is 0 Å². The highest BCUT2D eigenvalue weighted by molar-refractivity contribution is 6.05. The molecular weight excluding hydrogens is 378 g/mol. The molecule has 4 rings (SSSR count). The van der Waals surface area contributed by atoms with E-state index < -0.39 is 0 Å². The molecule has 0 aliphatic carbocycles. The lowest BCUT2D eigenvalue weighted by atomic mass is 10.1. The normalized spacial score (nSPS) is 10.9. The number of nitrogens with one attached hydrogen (secondary N) is 2. The van der Waals surface area contributed by atoms with Crippen LogP contribution in [0.2, 0.25) is 0 Å². The van der Waals surface area contributed by atoms with Crippen LogP contribution < -0.4 is 10.6 Å². The maximum atomic E-state index is 12.6. The van der Waals surface area contributed by atoms with Gasteiger partial charge in [0.1, 0.15) is 17.3 Å².